The summed E-state index contributed by atoms with van der Waals surface area (Å²) in [4.78, 5) is 23.5. The number of aromatic hydroxyl groups is 1. The number of ketones is 1. The fourth-order valence-corrected chi connectivity index (χ4v) is 3.36. The lowest BCUT2D eigenvalue weighted by Crippen LogP contribution is -2.06. The standard InChI is InChI=1S/C14H12O5S/c1-19-10-5-11-6(2-9(10)15)3-12(20-11)13(16)7-4-8(7)14(17)18/h2-3,5,7-8,15H,4H2,1H3,(H,17,18). The molecule has 6 heteroatoms. The van der Waals surface area contributed by atoms with E-state index in [9.17, 15) is 14.7 Å². The third-order valence-corrected chi connectivity index (χ3v) is 4.62. The van der Waals surface area contributed by atoms with Crippen molar-refractivity contribution in [3.8, 4) is 11.5 Å². The van der Waals surface area contributed by atoms with E-state index in [1.165, 1.54) is 18.4 Å². The van der Waals surface area contributed by atoms with Gasteiger partial charge < -0.3 is 14.9 Å². The Morgan fingerprint density at radius 2 is 2.05 bits per heavy atom. The largest absolute Gasteiger partial charge is 0.504 e. The number of carbonyl (C=O) groups is 2. The van der Waals surface area contributed by atoms with Gasteiger partial charge in [0.1, 0.15) is 0 Å². The summed E-state index contributed by atoms with van der Waals surface area (Å²) in [5.41, 5.74) is 0. The first-order valence-electron chi connectivity index (χ1n) is 6.09. The maximum atomic E-state index is 12.2. The van der Waals surface area contributed by atoms with Gasteiger partial charge >= 0.3 is 5.97 Å². The van der Waals surface area contributed by atoms with Crippen LogP contribution in [0, 0.1) is 11.8 Å². The van der Waals surface area contributed by atoms with Crippen molar-refractivity contribution in [2.24, 2.45) is 11.8 Å². The van der Waals surface area contributed by atoms with Gasteiger partial charge in [-0.15, -0.1) is 11.3 Å². The van der Waals surface area contributed by atoms with Crippen LogP contribution >= 0.6 is 11.3 Å². The van der Waals surface area contributed by atoms with E-state index in [0.717, 1.165) is 10.1 Å². The number of phenols is 1. The van der Waals surface area contributed by atoms with Crippen LogP contribution in [0.15, 0.2) is 18.2 Å². The molecule has 2 unspecified atom stereocenters. The Morgan fingerprint density at radius 3 is 2.65 bits per heavy atom. The number of rotatable bonds is 4. The highest BCUT2D eigenvalue weighted by molar-refractivity contribution is 7.20. The van der Waals surface area contributed by atoms with Crippen molar-refractivity contribution in [3.63, 3.8) is 0 Å². The van der Waals surface area contributed by atoms with Crippen LogP contribution in [0.3, 0.4) is 0 Å². The van der Waals surface area contributed by atoms with Crippen molar-refractivity contribution in [1.29, 1.82) is 0 Å². The zero-order valence-corrected chi connectivity index (χ0v) is 11.4. The Bertz CT molecular complexity index is 718. The first-order valence-corrected chi connectivity index (χ1v) is 6.90. The topological polar surface area (TPSA) is 83.8 Å². The number of aliphatic carboxylic acids is 1. The van der Waals surface area contributed by atoms with Crippen molar-refractivity contribution in [2.75, 3.05) is 7.11 Å². The summed E-state index contributed by atoms with van der Waals surface area (Å²) in [5.74, 6) is -1.62. The van der Waals surface area contributed by atoms with Crippen LogP contribution in [-0.4, -0.2) is 29.1 Å². The van der Waals surface area contributed by atoms with Crippen LogP contribution in [0.5, 0.6) is 11.5 Å². The van der Waals surface area contributed by atoms with Gasteiger partial charge in [0.2, 0.25) is 0 Å². The minimum absolute atomic E-state index is 0.0200. The molecule has 2 aromatic rings. The van der Waals surface area contributed by atoms with E-state index in [1.54, 1.807) is 18.2 Å². The van der Waals surface area contributed by atoms with Crippen LogP contribution in [-0.2, 0) is 4.79 Å². The van der Waals surface area contributed by atoms with Crippen LogP contribution in [0.2, 0.25) is 0 Å². The van der Waals surface area contributed by atoms with E-state index in [4.69, 9.17) is 9.84 Å². The lowest BCUT2D eigenvalue weighted by atomic mass is 10.1. The van der Waals surface area contributed by atoms with Gasteiger partial charge in [-0.2, -0.15) is 0 Å². The van der Waals surface area contributed by atoms with Crippen molar-refractivity contribution >= 4 is 33.2 Å². The van der Waals surface area contributed by atoms with E-state index < -0.39 is 17.8 Å². The predicted molar refractivity (Wildman–Crippen MR) is 73.6 cm³/mol. The number of thiophene rings is 1. The molecule has 2 atom stereocenters. The molecule has 20 heavy (non-hydrogen) atoms. The molecular formula is C14H12O5S. The van der Waals surface area contributed by atoms with Gasteiger partial charge in [-0.25, -0.2) is 0 Å². The number of phenolic OH excluding ortho intramolecular Hbond substituents is 1. The number of methoxy groups -OCH3 is 1. The highest BCUT2D eigenvalue weighted by Gasteiger charge is 2.48. The number of carboxylic acid groups (broad SMARTS) is 1. The first kappa shape index (κ1) is 12.9. The maximum Gasteiger partial charge on any atom is 0.307 e. The molecule has 2 N–H and O–H groups in total. The Kier molecular flexibility index (Phi) is 2.90. The average Bonchev–Trinajstić information content (AvgIpc) is 3.11. The lowest BCUT2D eigenvalue weighted by molar-refractivity contribution is -0.138. The zero-order chi connectivity index (χ0) is 14.4. The van der Waals surface area contributed by atoms with E-state index >= 15 is 0 Å². The van der Waals surface area contributed by atoms with Gasteiger partial charge in [-0.1, -0.05) is 0 Å². The molecule has 3 rings (SSSR count). The quantitative estimate of drug-likeness (QED) is 0.846. The number of Topliss-reactive ketones (excluding diaryl/α,β-unsaturated/α-hetero) is 1. The second kappa shape index (κ2) is 4.49. The van der Waals surface area contributed by atoms with Crippen LogP contribution in [0.1, 0.15) is 16.1 Å². The molecule has 0 spiro atoms. The number of carbonyl (C=O) groups excluding carboxylic acids is 1. The third kappa shape index (κ3) is 2.02. The van der Waals surface area contributed by atoms with E-state index in [-0.39, 0.29) is 11.5 Å². The van der Waals surface area contributed by atoms with Crippen molar-refractivity contribution in [3.05, 3.63) is 23.1 Å². The highest BCUT2D eigenvalue weighted by atomic mass is 32.1. The van der Waals surface area contributed by atoms with Gasteiger partial charge in [0.15, 0.2) is 17.3 Å². The fourth-order valence-electron chi connectivity index (χ4n) is 2.28. The summed E-state index contributed by atoms with van der Waals surface area (Å²) in [7, 11) is 1.46. The Hall–Kier alpha value is -2.08. The van der Waals surface area contributed by atoms with Gasteiger partial charge in [0, 0.05) is 16.7 Å². The molecule has 1 aromatic carbocycles. The third-order valence-electron chi connectivity index (χ3n) is 3.51. The molecule has 0 amide bonds. The van der Waals surface area contributed by atoms with E-state index in [1.807, 2.05) is 0 Å². The molecule has 0 bridgehead atoms. The van der Waals surface area contributed by atoms with E-state index in [0.29, 0.717) is 17.0 Å². The Balaban J connectivity index is 1.93. The molecule has 1 aliphatic carbocycles. The second-order valence-electron chi connectivity index (χ2n) is 4.82. The second-order valence-corrected chi connectivity index (χ2v) is 5.91. The van der Waals surface area contributed by atoms with Gasteiger partial charge in [0.05, 0.1) is 17.9 Å². The number of hydrogen-bond donors (Lipinski definition) is 2. The summed E-state index contributed by atoms with van der Waals surface area (Å²) in [6.07, 6.45) is 0.414. The van der Waals surface area contributed by atoms with Crippen LogP contribution < -0.4 is 4.74 Å². The van der Waals surface area contributed by atoms with Crippen molar-refractivity contribution < 1.29 is 24.5 Å². The van der Waals surface area contributed by atoms with Gasteiger partial charge in [-0.3, -0.25) is 9.59 Å². The Morgan fingerprint density at radius 1 is 1.30 bits per heavy atom. The molecule has 1 aromatic heterocycles. The fraction of sp³-hybridized carbons (Fsp3) is 0.286. The Labute approximate surface area is 118 Å². The summed E-state index contributed by atoms with van der Waals surface area (Å²) in [6, 6.07) is 4.91. The molecule has 1 heterocycles. The monoisotopic (exact) mass is 292 g/mol. The molecular weight excluding hydrogens is 280 g/mol. The molecule has 0 saturated heterocycles. The molecule has 0 aliphatic heterocycles. The maximum absolute atomic E-state index is 12.2. The predicted octanol–water partition coefficient (Wildman–Crippen LogP) is 2.52. The summed E-state index contributed by atoms with van der Waals surface area (Å²) in [5, 5.41) is 19.3. The molecule has 104 valence electrons. The van der Waals surface area contributed by atoms with Gasteiger partial charge in [0.25, 0.3) is 0 Å². The number of ether oxygens (including phenoxy) is 1. The zero-order valence-electron chi connectivity index (χ0n) is 10.6. The number of hydrogen-bond acceptors (Lipinski definition) is 5. The normalized spacial score (nSPS) is 20.9. The highest BCUT2D eigenvalue weighted by Crippen LogP contribution is 2.43. The van der Waals surface area contributed by atoms with Gasteiger partial charge in [-0.05, 0) is 23.9 Å². The SMILES string of the molecule is COc1cc2sc(C(=O)C3CC3C(=O)O)cc2cc1O. The summed E-state index contributed by atoms with van der Waals surface area (Å²) in [6.45, 7) is 0. The molecule has 5 nitrogen and oxygen atoms in total. The molecule has 1 aliphatic rings. The number of fused-ring (bicyclic) bond motifs is 1. The van der Waals surface area contributed by atoms with Crippen molar-refractivity contribution in [2.45, 2.75) is 6.42 Å². The van der Waals surface area contributed by atoms with Crippen LogP contribution in [0.4, 0.5) is 0 Å². The summed E-state index contributed by atoms with van der Waals surface area (Å²) < 4.78 is 5.85. The smallest absolute Gasteiger partial charge is 0.307 e. The molecule has 0 radical (unpaired) electrons. The molecule has 1 saturated carbocycles. The minimum Gasteiger partial charge on any atom is -0.504 e. The van der Waals surface area contributed by atoms with E-state index in [2.05, 4.69) is 0 Å². The average molecular weight is 292 g/mol. The lowest BCUT2D eigenvalue weighted by Gasteiger charge is -2.01. The van der Waals surface area contributed by atoms with Crippen molar-refractivity contribution in [1.82, 2.24) is 0 Å². The van der Waals surface area contributed by atoms with Crippen LogP contribution in [0.25, 0.3) is 10.1 Å². The number of carboxylic acids is 1. The molecule has 1 fully saturated rings. The summed E-state index contributed by atoms with van der Waals surface area (Å²) >= 11 is 1.29. The minimum atomic E-state index is -0.913. The number of benzene rings is 1. The first-order chi connectivity index (χ1) is 9.51.